The SMILES string of the molecule is O=C(CCl)c1cccc(OC(F)F)c1OC(F)(F)F. The van der Waals surface area contributed by atoms with E-state index in [0.717, 1.165) is 18.2 Å². The van der Waals surface area contributed by atoms with Gasteiger partial charge in [-0.3, -0.25) is 4.79 Å². The van der Waals surface area contributed by atoms with Gasteiger partial charge in [-0.2, -0.15) is 8.78 Å². The summed E-state index contributed by atoms with van der Waals surface area (Å²) in [6.45, 7) is -3.36. The third-order valence-electron chi connectivity index (χ3n) is 1.83. The van der Waals surface area contributed by atoms with E-state index in [2.05, 4.69) is 9.47 Å². The van der Waals surface area contributed by atoms with Gasteiger partial charge in [-0.25, -0.2) is 0 Å². The van der Waals surface area contributed by atoms with E-state index < -0.39 is 41.7 Å². The molecule has 0 saturated carbocycles. The molecule has 0 bridgehead atoms. The van der Waals surface area contributed by atoms with Crippen LogP contribution in [-0.4, -0.2) is 24.6 Å². The largest absolute Gasteiger partial charge is 0.573 e. The Balaban J connectivity index is 3.27. The molecule has 0 unspecified atom stereocenters. The maximum Gasteiger partial charge on any atom is 0.573 e. The summed E-state index contributed by atoms with van der Waals surface area (Å²) in [6, 6.07) is 2.85. The summed E-state index contributed by atoms with van der Waals surface area (Å²) in [7, 11) is 0. The molecule has 0 N–H and O–H groups in total. The van der Waals surface area contributed by atoms with Crippen LogP contribution in [0.15, 0.2) is 18.2 Å². The van der Waals surface area contributed by atoms with Gasteiger partial charge in [0.25, 0.3) is 0 Å². The molecule has 0 amide bonds. The van der Waals surface area contributed by atoms with Crippen molar-refractivity contribution in [1.29, 1.82) is 0 Å². The minimum atomic E-state index is -5.16. The molecular formula is C10H6ClF5O3. The molecule has 0 fully saturated rings. The van der Waals surface area contributed by atoms with E-state index in [0.29, 0.717) is 0 Å². The minimum Gasteiger partial charge on any atom is -0.431 e. The molecule has 9 heteroatoms. The summed E-state index contributed by atoms with van der Waals surface area (Å²) >= 11 is 5.21. The Kier molecular flexibility index (Phi) is 4.93. The number of carbonyl (C=O) groups is 1. The van der Waals surface area contributed by atoms with E-state index in [9.17, 15) is 26.7 Å². The van der Waals surface area contributed by atoms with Gasteiger partial charge in [0.2, 0.25) is 0 Å². The number of alkyl halides is 6. The Labute approximate surface area is 108 Å². The lowest BCUT2D eigenvalue weighted by molar-refractivity contribution is -0.275. The topological polar surface area (TPSA) is 35.5 Å². The van der Waals surface area contributed by atoms with E-state index in [-0.39, 0.29) is 0 Å². The van der Waals surface area contributed by atoms with Gasteiger partial charge >= 0.3 is 13.0 Å². The summed E-state index contributed by atoms with van der Waals surface area (Å²) in [4.78, 5) is 11.3. The van der Waals surface area contributed by atoms with Crippen LogP contribution in [0.5, 0.6) is 11.5 Å². The van der Waals surface area contributed by atoms with Crippen LogP contribution in [0.2, 0.25) is 0 Å². The number of para-hydroxylation sites is 1. The van der Waals surface area contributed by atoms with Gasteiger partial charge in [0.1, 0.15) is 0 Å². The first-order valence-corrected chi connectivity index (χ1v) is 5.20. The quantitative estimate of drug-likeness (QED) is 0.473. The van der Waals surface area contributed by atoms with Crippen molar-refractivity contribution in [1.82, 2.24) is 0 Å². The molecule has 0 aliphatic rings. The Bertz CT molecular complexity index is 461. The van der Waals surface area contributed by atoms with Crippen molar-refractivity contribution in [3.05, 3.63) is 23.8 Å². The summed E-state index contributed by atoms with van der Waals surface area (Å²) in [5, 5.41) is 0. The Hall–Kier alpha value is -1.57. The average Bonchev–Trinajstić information content (AvgIpc) is 2.28. The summed E-state index contributed by atoms with van der Waals surface area (Å²) in [6.07, 6.45) is -5.16. The van der Waals surface area contributed by atoms with Gasteiger partial charge in [0, 0.05) is 0 Å². The number of ketones is 1. The number of hydrogen-bond acceptors (Lipinski definition) is 3. The zero-order chi connectivity index (χ0) is 14.6. The predicted molar refractivity (Wildman–Crippen MR) is 54.8 cm³/mol. The zero-order valence-corrected chi connectivity index (χ0v) is 9.76. The molecule has 0 aromatic heterocycles. The van der Waals surface area contributed by atoms with Crippen molar-refractivity contribution < 1.29 is 36.2 Å². The van der Waals surface area contributed by atoms with Gasteiger partial charge in [-0.05, 0) is 12.1 Å². The number of halogens is 6. The predicted octanol–water partition coefficient (Wildman–Crippen LogP) is 3.61. The molecule has 1 aromatic rings. The molecule has 0 heterocycles. The molecule has 0 atom stereocenters. The summed E-state index contributed by atoms with van der Waals surface area (Å²) < 4.78 is 68.2. The van der Waals surface area contributed by atoms with E-state index in [1.165, 1.54) is 0 Å². The van der Waals surface area contributed by atoms with Crippen LogP contribution in [0.4, 0.5) is 22.0 Å². The number of benzene rings is 1. The first-order chi connectivity index (χ1) is 8.74. The fraction of sp³-hybridized carbons (Fsp3) is 0.300. The molecule has 106 valence electrons. The van der Waals surface area contributed by atoms with Crippen LogP contribution in [0.3, 0.4) is 0 Å². The van der Waals surface area contributed by atoms with Crippen molar-refractivity contribution in [2.24, 2.45) is 0 Å². The standard InChI is InChI=1S/C10H6ClF5O3/c11-4-6(17)5-2-1-3-7(18-9(12)13)8(5)19-10(14,15)16/h1-3,9H,4H2. The summed E-state index contributed by atoms with van der Waals surface area (Å²) in [5.41, 5.74) is -0.592. The fourth-order valence-electron chi connectivity index (χ4n) is 1.22. The molecule has 3 nitrogen and oxygen atoms in total. The molecule has 0 spiro atoms. The van der Waals surface area contributed by atoms with Crippen molar-refractivity contribution in [3.8, 4) is 11.5 Å². The number of carbonyl (C=O) groups excluding carboxylic acids is 1. The third kappa shape index (κ3) is 4.55. The first kappa shape index (κ1) is 15.5. The second-order valence-corrected chi connectivity index (χ2v) is 3.38. The highest BCUT2D eigenvalue weighted by atomic mass is 35.5. The number of ether oxygens (including phenoxy) is 2. The highest BCUT2D eigenvalue weighted by Crippen LogP contribution is 2.36. The lowest BCUT2D eigenvalue weighted by Gasteiger charge is -2.16. The molecule has 0 saturated heterocycles. The van der Waals surface area contributed by atoms with Crippen LogP contribution >= 0.6 is 11.6 Å². The van der Waals surface area contributed by atoms with E-state index in [4.69, 9.17) is 11.6 Å². The first-order valence-electron chi connectivity index (χ1n) is 4.67. The molecule has 1 aromatic carbocycles. The van der Waals surface area contributed by atoms with Gasteiger partial charge in [-0.15, -0.1) is 24.8 Å². The van der Waals surface area contributed by atoms with E-state index in [1.54, 1.807) is 0 Å². The molecule has 0 aliphatic carbocycles. The lowest BCUT2D eigenvalue weighted by atomic mass is 10.1. The second kappa shape index (κ2) is 6.05. The monoisotopic (exact) mass is 304 g/mol. The van der Waals surface area contributed by atoms with Crippen LogP contribution in [0.1, 0.15) is 10.4 Å². The minimum absolute atomic E-state index is 0.592. The smallest absolute Gasteiger partial charge is 0.431 e. The Morgan fingerprint density at radius 3 is 2.42 bits per heavy atom. The van der Waals surface area contributed by atoms with Gasteiger partial charge < -0.3 is 9.47 Å². The number of rotatable bonds is 5. The van der Waals surface area contributed by atoms with Crippen molar-refractivity contribution in [2.75, 3.05) is 5.88 Å². The van der Waals surface area contributed by atoms with Crippen molar-refractivity contribution in [2.45, 2.75) is 13.0 Å². The lowest BCUT2D eigenvalue weighted by Crippen LogP contribution is -2.20. The average molecular weight is 305 g/mol. The fourth-order valence-corrected chi connectivity index (χ4v) is 1.36. The number of hydrogen-bond donors (Lipinski definition) is 0. The third-order valence-corrected chi connectivity index (χ3v) is 2.08. The van der Waals surface area contributed by atoms with Crippen LogP contribution in [0, 0.1) is 0 Å². The molecule has 1 rings (SSSR count). The molecule has 0 aliphatic heterocycles. The number of Topliss-reactive ketones (excluding diaryl/α,β-unsaturated/α-hetero) is 1. The maximum atomic E-state index is 12.2. The van der Waals surface area contributed by atoms with Crippen molar-refractivity contribution in [3.63, 3.8) is 0 Å². The zero-order valence-electron chi connectivity index (χ0n) is 9.01. The van der Waals surface area contributed by atoms with E-state index >= 15 is 0 Å². The second-order valence-electron chi connectivity index (χ2n) is 3.12. The van der Waals surface area contributed by atoms with Crippen LogP contribution in [0.25, 0.3) is 0 Å². The summed E-state index contributed by atoms with van der Waals surface area (Å²) in [5.74, 6) is -3.59. The van der Waals surface area contributed by atoms with Gasteiger partial charge in [-0.1, -0.05) is 6.07 Å². The molecule has 0 radical (unpaired) electrons. The normalized spacial score (nSPS) is 11.5. The van der Waals surface area contributed by atoms with Gasteiger partial charge in [0.15, 0.2) is 17.3 Å². The highest BCUT2D eigenvalue weighted by Gasteiger charge is 2.35. The van der Waals surface area contributed by atoms with Crippen molar-refractivity contribution >= 4 is 17.4 Å². The molecule has 19 heavy (non-hydrogen) atoms. The Morgan fingerprint density at radius 1 is 1.32 bits per heavy atom. The maximum absolute atomic E-state index is 12.2. The Morgan fingerprint density at radius 2 is 1.95 bits per heavy atom. The highest BCUT2D eigenvalue weighted by molar-refractivity contribution is 6.30. The van der Waals surface area contributed by atoms with Crippen LogP contribution < -0.4 is 9.47 Å². The molecular weight excluding hydrogens is 299 g/mol. The van der Waals surface area contributed by atoms with Crippen LogP contribution in [-0.2, 0) is 0 Å². The van der Waals surface area contributed by atoms with Gasteiger partial charge in [0.05, 0.1) is 11.4 Å². The van der Waals surface area contributed by atoms with E-state index in [1.807, 2.05) is 0 Å².